The Bertz CT molecular complexity index is 320. The Morgan fingerprint density at radius 3 is 2.83 bits per heavy atom. The van der Waals surface area contributed by atoms with Gasteiger partial charge in [0.05, 0.1) is 5.41 Å². The van der Waals surface area contributed by atoms with E-state index in [2.05, 4.69) is 11.4 Å². The highest BCUT2D eigenvalue weighted by molar-refractivity contribution is 5.83. The fourth-order valence-electron chi connectivity index (χ4n) is 2.77. The maximum Gasteiger partial charge on any atom is 0.227 e. The SMILES string of the molecule is NCC1(C(=O)NCCC2=CCCC2)CCOCC1. The van der Waals surface area contributed by atoms with E-state index >= 15 is 0 Å². The van der Waals surface area contributed by atoms with Gasteiger partial charge in [-0.1, -0.05) is 11.6 Å². The molecule has 1 heterocycles. The molecule has 0 bridgehead atoms. The number of hydrogen-bond donors (Lipinski definition) is 2. The minimum atomic E-state index is -0.387. The molecule has 1 aliphatic heterocycles. The van der Waals surface area contributed by atoms with Crippen molar-refractivity contribution in [1.29, 1.82) is 0 Å². The Balaban J connectivity index is 1.78. The van der Waals surface area contributed by atoms with Crippen LogP contribution in [0.2, 0.25) is 0 Å². The number of carbonyl (C=O) groups excluding carboxylic acids is 1. The zero-order chi connectivity index (χ0) is 12.8. The van der Waals surface area contributed by atoms with Gasteiger partial charge in [-0.2, -0.15) is 0 Å². The van der Waals surface area contributed by atoms with Crippen LogP contribution >= 0.6 is 0 Å². The first kappa shape index (κ1) is 13.6. The van der Waals surface area contributed by atoms with Crippen molar-refractivity contribution in [2.45, 2.75) is 38.5 Å². The zero-order valence-corrected chi connectivity index (χ0v) is 11.0. The second-order valence-corrected chi connectivity index (χ2v) is 5.36. The van der Waals surface area contributed by atoms with E-state index in [-0.39, 0.29) is 11.3 Å². The summed E-state index contributed by atoms with van der Waals surface area (Å²) in [6.07, 6.45) is 8.46. The van der Waals surface area contributed by atoms with Crippen LogP contribution in [0.5, 0.6) is 0 Å². The molecule has 0 spiro atoms. The number of hydrogen-bond acceptors (Lipinski definition) is 3. The summed E-state index contributed by atoms with van der Waals surface area (Å²) < 4.78 is 5.32. The fraction of sp³-hybridized carbons (Fsp3) is 0.786. The molecule has 0 aromatic heterocycles. The zero-order valence-electron chi connectivity index (χ0n) is 11.0. The molecule has 0 aromatic rings. The van der Waals surface area contributed by atoms with Crippen LogP contribution in [0.1, 0.15) is 38.5 Å². The topological polar surface area (TPSA) is 64.4 Å². The lowest BCUT2D eigenvalue weighted by atomic mass is 9.79. The second kappa shape index (κ2) is 6.34. The lowest BCUT2D eigenvalue weighted by Gasteiger charge is -2.34. The lowest BCUT2D eigenvalue weighted by Crippen LogP contribution is -2.49. The van der Waals surface area contributed by atoms with E-state index < -0.39 is 0 Å². The van der Waals surface area contributed by atoms with Crippen LogP contribution in [-0.4, -0.2) is 32.2 Å². The first-order valence-electron chi connectivity index (χ1n) is 7.01. The predicted molar refractivity (Wildman–Crippen MR) is 71.1 cm³/mol. The highest BCUT2D eigenvalue weighted by Crippen LogP contribution is 2.29. The molecule has 3 N–H and O–H groups in total. The van der Waals surface area contributed by atoms with Crippen molar-refractivity contribution in [3.63, 3.8) is 0 Å². The van der Waals surface area contributed by atoms with Crippen LogP contribution in [0, 0.1) is 5.41 Å². The van der Waals surface area contributed by atoms with Crippen LogP contribution in [0.15, 0.2) is 11.6 Å². The van der Waals surface area contributed by atoms with Gasteiger partial charge in [-0.15, -0.1) is 0 Å². The van der Waals surface area contributed by atoms with Crippen LogP contribution < -0.4 is 11.1 Å². The standard InChI is InChI=1S/C14H24N2O2/c15-11-14(6-9-18-10-7-14)13(17)16-8-5-12-3-1-2-4-12/h3H,1-2,4-11,15H2,(H,16,17). The van der Waals surface area contributed by atoms with Crippen LogP contribution in [0.25, 0.3) is 0 Å². The molecule has 1 saturated heterocycles. The predicted octanol–water partition coefficient (Wildman–Crippen LogP) is 1.36. The van der Waals surface area contributed by atoms with E-state index in [1.165, 1.54) is 24.8 Å². The third kappa shape index (κ3) is 3.12. The summed E-state index contributed by atoms with van der Waals surface area (Å²) in [5, 5.41) is 3.06. The molecular weight excluding hydrogens is 228 g/mol. The number of nitrogens with two attached hydrogens (primary N) is 1. The van der Waals surface area contributed by atoms with Crippen molar-refractivity contribution >= 4 is 5.91 Å². The molecule has 102 valence electrons. The van der Waals surface area contributed by atoms with Gasteiger partial charge >= 0.3 is 0 Å². The second-order valence-electron chi connectivity index (χ2n) is 5.36. The van der Waals surface area contributed by atoms with Gasteiger partial charge in [0.15, 0.2) is 0 Å². The summed E-state index contributed by atoms with van der Waals surface area (Å²) in [6, 6.07) is 0. The normalized spacial score (nSPS) is 22.6. The first-order valence-corrected chi connectivity index (χ1v) is 7.01. The van der Waals surface area contributed by atoms with Crippen LogP contribution in [-0.2, 0) is 9.53 Å². The van der Waals surface area contributed by atoms with Gasteiger partial charge in [0.25, 0.3) is 0 Å². The Labute approximate surface area is 109 Å². The molecule has 0 unspecified atom stereocenters. The molecule has 4 heteroatoms. The molecule has 4 nitrogen and oxygen atoms in total. The Hall–Kier alpha value is -0.870. The molecule has 2 rings (SSSR count). The van der Waals surface area contributed by atoms with Gasteiger partial charge in [-0.25, -0.2) is 0 Å². The molecule has 1 fully saturated rings. The molecular formula is C14H24N2O2. The van der Waals surface area contributed by atoms with E-state index in [1.807, 2.05) is 0 Å². The molecule has 0 atom stereocenters. The quantitative estimate of drug-likeness (QED) is 0.726. The third-order valence-electron chi connectivity index (χ3n) is 4.19. The first-order chi connectivity index (χ1) is 8.77. The number of rotatable bonds is 5. The Morgan fingerprint density at radius 2 is 2.22 bits per heavy atom. The van der Waals surface area contributed by atoms with Crippen molar-refractivity contribution in [2.24, 2.45) is 11.1 Å². The number of nitrogens with one attached hydrogen (secondary N) is 1. The van der Waals surface area contributed by atoms with Gasteiger partial charge in [-0.05, 0) is 38.5 Å². The number of ether oxygens (including phenoxy) is 1. The van der Waals surface area contributed by atoms with Gasteiger partial charge < -0.3 is 15.8 Å². The minimum Gasteiger partial charge on any atom is -0.381 e. The van der Waals surface area contributed by atoms with E-state index in [0.717, 1.165) is 25.8 Å². The molecule has 0 saturated carbocycles. The Morgan fingerprint density at radius 1 is 1.44 bits per heavy atom. The lowest BCUT2D eigenvalue weighted by molar-refractivity contribution is -0.135. The smallest absolute Gasteiger partial charge is 0.227 e. The third-order valence-corrected chi connectivity index (χ3v) is 4.19. The number of amides is 1. The maximum absolute atomic E-state index is 12.3. The summed E-state index contributed by atoms with van der Waals surface area (Å²) in [5.74, 6) is 0.117. The summed E-state index contributed by atoms with van der Waals surface area (Å²) in [5.41, 5.74) is 6.91. The number of carbonyl (C=O) groups is 1. The molecule has 2 aliphatic rings. The molecule has 0 radical (unpaired) electrons. The highest BCUT2D eigenvalue weighted by atomic mass is 16.5. The van der Waals surface area contributed by atoms with Crippen molar-refractivity contribution < 1.29 is 9.53 Å². The van der Waals surface area contributed by atoms with Crippen LogP contribution in [0.4, 0.5) is 0 Å². The van der Waals surface area contributed by atoms with E-state index in [1.54, 1.807) is 0 Å². The van der Waals surface area contributed by atoms with Crippen molar-refractivity contribution in [1.82, 2.24) is 5.32 Å². The monoisotopic (exact) mass is 252 g/mol. The van der Waals surface area contributed by atoms with Gasteiger partial charge in [-0.3, -0.25) is 4.79 Å². The van der Waals surface area contributed by atoms with Gasteiger partial charge in [0, 0.05) is 26.3 Å². The minimum absolute atomic E-state index is 0.117. The maximum atomic E-state index is 12.3. The summed E-state index contributed by atoms with van der Waals surface area (Å²) >= 11 is 0. The average molecular weight is 252 g/mol. The van der Waals surface area contributed by atoms with Crippen molar-refractivity contribution in [3.8, 4) is 0 Å². The van der Waals surface area contributed by atoms with E-state index in [9.17, 15) is 4.79 Å². The molecule has 1 amide bonds. The van der Waals surface area contributed by atoms with Crippen molar-refractivity contribution in [3.05, 3.63) is 11.6 Å². The summed E-state index contributed by atoms with van der Waals surface area (Å²) in [6.45, 7) is 2.46. The van der Waals surface area contributed by atoms with E-state index in [0.29, 0.717) is 19.8 Å². The highest BCUT2D eigenvalue weighted by Gasteiger charge is 2.38. The summed E-state index contributed by atoms with van der Waals surface area (Å²) in [4.78, 5) is 12.3. The molecule has 18 heavy (non-hydrogen) atoms. The number of allylic oxidation sites excluding steroid dienone is 1. The van der Waals surface area contributed by atoms with Gasteiger partial charge in [0.2, 0.25) is 5.91 Å². The van der Waals surface area contributed by atoms with E-state index in [4.69, 9.17) is 10.5 Å². The average Bonchev–Trinajstić information content (AvgIpc) is 2.92. The van der Waals surface area contributed by atoms with Crippen molar-refractivity contribution in [2.75, 3.05) is 26.3 Å². The van der Waals surface area contributed by atoms with Crippen LogP contribution in [0.3, 0.4) is 0 Å². The molecule has 1 aliphatic carbocycles. The molecule has 0 aromatic carbocycles. The summed E-state index contributed by atoms with van der Waals surface area (Å²) in [7, 11) is 0. The van der Waals surface area contributed by atoms with Gasteiger partial charge in [0.1, 0.15) is 0 Å². The largest absolute Gasteiger partial charge is 0.381 e. The Kier molecular flexibility index (Phi) is 4.78. The fourth-order valence-corrected chi connectivity index (χ4v) is 2.77.